The summed E-state index contributed by atoms with van der Waals surface area (Å²) in [4.78, 5) is 26.6. The highest BCUT2D eigenvalue weighted by molar-refractivity contribution is 5.70. The summed E-state index contributed by atoms with van der Waals surface area (Å²) in [7, 11) is 0. The van der Waals surface area contributed by atoms with Gasteiger partial charge in [-0.1, -0.05) is 18.9 Å². The third kappa shape index (κ3) is 3.00. The van der Waals surface area contributed by atoms with Crippen LogP contribution in [0.5, 0.6) is 5.75 Å². The lowest BCUT2D eigenvalue weighted by molar-refractivity contribution is -0.206. The maximum Gasteiger partial charge on any atom is 0.308 e. The minimum Gasteiger partial charge on any atom is -0.457 e. The molecule has 0 amide bonds. The van der Waals surface area contributed by atoms with Gasteiger partial charge in [-0.05, 0) is 80.7 Å². The Morgan fingerprint density at radius 2 is 1.87 bits per heavy atom. The van der Waals surface area contributed by atoms with Crippen molar-refractivity contribution in [3.05, 3.63) is 29.3 Å². The van der Waals surface area contributed by atoms with Crippen LogP contribution in [0.3, 0.4) is 0 Å². The van der Waals surface area contributed by atoms with E-state index in [1.54, 1.807) is 6.92 Å². The maximum absolute atomic E-state index is 12.4. The first-order valence-electron chi connectivity index (χ1n) is 11.7. The Morgan fingerprint density at radius 1 is 1.07 bits per heavy atom. The topological polar surface area (TPSA) is 55.8 Å². The molecule has 5 heteroatoms. The fraction of sp³-hybridized carbons (Fsp3) is 0.680. The predicted octanol–water partition coefficient (Wildman–Crippen LogP) is 4.16. The molecule has 2 bridgehead atoms. The summed E-state index contributed by atoms with van der Waals surface area (Å²) in [5, 5.41) is 0. The van der Waals surface area contributed by atoms with Gasteiger partial charge in [-0.3, -0.25) is 14.5 Å². The van der Waals surface area contributed by atoms with Gasteiger partial charge in [0.1, 0.15) is 11.4 Å². The lowest BCUT2D eigenvalue weighted by Crippen LogP contribution is -2.74. The highest BCUT2D eigenvalue weighted by atomic mass is 16.6. The first-order valence-corrected chi connectivity index (χ1v) is 11.7. The van der Waals surface area contributed by atoms with Crippen LogP contribution in [0.25, 0.3) is 0 Å². The van der Waals surface area contributed by atoms with Gasteiger partial charge in [0, 0.05) is 25.8 Å². The second-order valence-corrected chi connectivity index (χ2v) is 9.95. The van der Waals surface area contributed by atoms with E-state index in [2.05, 4.69) is 17.0 Å². The average Bonchev–Trinajstić information content (AvgIpc) is 2.65. The number of hydrogen-bond donors (Lipinski definition) is 0. The molecule has 3 fully saturated rings. The summed E-state index contributed by atoms with van der Waals surface area (Å²) in [6.07, 6.45) is 10.1. The number of carbonyl (C=O) groups is 2. The van der Waals surface area contributed by atoms with Crippen molar-refractivity contribution >= 4 is 11.9 Å². The van der Waals surface area contributed by atoms with E-state index in [0.717, 1.165) is 57.5 Å². The summed E-state index contributed by atoms with van der Waals surface area (Å²) in [5.41, 5.74) is 1.93. The number of carbonyl (C=O) groups excluding carboxylic acids is 2. The first kappa shape index (κ1) is 20.0. The third-order valence-electron chi connectivity index (χ3n) is 8.33. The van der Waals surface area contributed by atoms with E-state index in [4.69, 9.17) is 9.47 Å². The lowest BCUT2D eigenvalue weighted by Gasteiger charge is -2.65. The first-order chi connectivity index (χ1) is 14.4. The Labute approximate surface area is 179 Å². The van der Waals surface area contributed by atoms with Gasteiger partial charge in [0.2, 0.25) is 0 Å². The molecule has 4 aliphatic rings. The number of likely N-dealkylation sites (tertiary alicyclic amines) is 1. The maximum atomic E-state index is 12.4. The summed E-state index contributed by atoms with van der Waals surface area (Å²) >= 11 is 0. The summed E-state index contributed by atoms with van der Waals surface area (Å²) in [5.74, 6) is 0.930. The number of benzene rings is 1. The van der Waals surface area contributed by atoms with Crippen molar-refractivity contribution in [2.45, 2.75) is 88.7 Å². The van der Waals surface area contributed by atoms with Gasteiger partial charge in [-0.2, -0.15) is 0 Å². The van der Waals surface area contributed by atoms with Crippen LogP contribution in [0.15, 0.2) is 18.2 Å². The van der Waals surface area contributed by atoms with E-state index in [1.165, 1.54) is 37.3 Å². The predicted molar refractivity (Wildman–Crippen MR) is 113 cm³/mol. The van der Waals surface area contributed by atoms with Crippen molar-refractivity contribution in [3.63, 3.8) is 0 Å². The zero-order valence-electron chi connectivity index (χ0n) is 18.2. The second-order valence-electron chi connectivity index (χ2n) is 9.95. The van der Waals surface area contributed by atoms with E-state index in [9.17, 15) is 9.59 Å². The van der Waals surface area contributed by atoms with E-state index >= 15 is 0 Å². The molecule has 0 aromatic heterocycles. The molecule has 1 aliphatic heterocycles. The highest BCUT2D eigenvalue weighted by Crippen LogP contribution is 2.60. The fourth-order valence-corrected chi connectivity index (χ4v) is 6.98. The molecule has 1 saturated heterocycles. The van der Waals surface area contributed by atoms with Crippen LogP contribution in [0.2, 0.25) is 0 Å². The van der Waals surface area contributed by atoms with E-state index in [1.807, 2.05) is 6.07 Å². The minimum atomic E-state index is -0.471. The van der Waals surface area contributed by atoms with Gasteiger partial charge in [-0.25, -0.2) is 0 Å². The number of esters is 2. The Kier molecular flexibility index (Phi) is 4.92. The van der Waals surface area contributed by atoms with Gasteiger partial charge in [0.15, 0.2) is 0 Å². The van der Waals surface area contributed by atoms with Crippen LogP contribution in [-0.2, 0) is 26.2 Å². The Bertz CT molecular complexity index is 863. The number of rotatable bonds is 4. The summed E-state index contributed by atoms with van der Waals surface area (Å²) in [6, 6.07) is 6.37. The monoisotopic (exact) mass is 411 g/mol. The molecule has 1 heterocycles. The lowest BCUT2D eigenvalue weighted by atomic mass is 9.49. The van der Waals surface area contributed by atoms with Gasteiger partial charge in [0.05, 0.1) is 6.04 Å². The summed E-state index contributed by atoms with van der Waals surface area (Å²) < 4.78 is 11.8. The van der Waals surface area contributed by atoms with Gasteiger partial charge >= 0.3 is 11.9 Å². The zero-order valence-corrected chi connectivity index (χ0v) is 18.2. The standard InChI is InChI=1S/C25H33NO4/c1-17(27)29-21-9-8-20-14-23-25(30-18(2)28)11-4-3-10-24(25,22(20)15-21)12-13-26(23)16-19-6-5-7-19/h8-9,15,19,23H,3-7,10-14,16H2,1-2H3/t23-,24+,25-/m1/s1. The van der Waals surface area contributed by atoms with Crippen LogP contribution < -0.4 is 4.74 Å². The molecule has 2 saturated carbocycles. The molecule has 0 N–H and O–H groups in total. The number of fused-ring (bicyclic) bond motifs is 1. The Morgan fingerprint density at radius 3 is 2.57 bits per heavy atom. The minimum absolute atomic E-state index is 0.170. The largest absolute Gasteiger partial charge is 0.457 e. The van der Waals surface area contributed by atoms with Crippen molar-refractivity contribution in [3.8, 4) is 5.75 Å². The van der Waals surface area contributed by atoms with Crippen LogP contribution in [0.1, 0.15) is 76.3 Å². The van der Waals surface area contributed by atoms with Gasteiger partial charge in [-0.15, -0.1) is 0 Å². The number of nitrogens with zero attached hydrogens (tertiary/aromatic N) is 1. The molecule has 5 rings (SSSR count). The quantitative estimate of drug-likeness (QED) is 0.550. The van der Waals surface area contributed by atoms with Crippen molar-refractivity contribution in [1.29, 1.82) is 0 Å². The smallest absolute Gasteiger partial charge is 0.308 e. The van der Waals surface area contributed by atoms with Gasteiger partial charge in [0.25, 0.3) is 0 Å². The van der Waals surface area contributed by atoms with Crippen molar-refractivity contribution in [1.82, 2.24) is 4.90 Å². The normalized spacial score (nSPS) is 33.1. The fourth-order valence-electron chi connectivity index (χ4n) is 6.98. The molecule has 0 unspecified atom stereocenters. The van der Waals surface area contributed by atoms with Gasteiger partial charge < -0.3 is 9.47 Å². The molecular weight excluding hydrogens is 378 g/mol. The average molecular weight is 412 g/mol. The Hall–Kier alpha value is -1.88. The molecule has 5 nitrogen and oxygen atoms in total. The highest BCUT2D eigenvalue weighted by Gasteiger charge is 2.66. The Balaban J connectivity index is 1.62. The molecule has 1 aromatic carbocycles. The number of hydrogen-bond acceptors (Lipinski definition) is 5. The van der Waals surface area contributed by atoms with Crippen LogP contribution in [0.4, 0.5) is 0 Å². The SMILES string of the molecule is CC(=O)Oc1ccc2c(c1)[C@@]13CCCC[C@@]1(OC(C)=O)[C@@H](C2)N(CC1CCC1)CC3. The van der Waals surface area contributed by atoms with Crippen LogP contribution in [0, 0.1) is 5.92 Å². The summed E-state index contributed by atoms with van der Waals surface area (Å²) in [6.45, 7) is 5.19. The second kappa shape index (κ2) is 7.37. The van der Waals surface area contributed by atoms with E-state index in [0.29, 0.717) is 5.75 Å². The van der Waals surface area contributed by atoms with E-state index < -0.39 is 5.60 Å². The van der Waals surface area contributed by atoms with E-state index in [-0.39, 0.29) is 23.4 Å². The third-order valence-corrected chi connectivity index (χ3v) is 8.33. The van der Waals surface area contributed by atoms with Crippen molar-refractivity contribution in [2.24, 2.45) is 5.92 Å². The molecular formula is C25H33NO4. The molecule has 0 spiro atoms. The number of piperidine rings is 1. The van der Waals surface area contributed by atoms with Crippen molar-refractivity contribution in [2.75, 3.05) is 13.1 Å². The molecule has 0 radical (unpaired) electrons. The van der Waals surface area contributed by atoms with Crippen molar-refractivity contribution < 1.29 is 19.1 Å². The molecule has 30 heavy (non-hydrogen) atoms. The molecule has 3 atom stereocenters. The molecule has 1 aromatic rings. The number of ether oxygens (including phenoxy) is 2. The molecule has 162 valence electrons. The molecule has 3 aliphatic carbocycles. The van der Waals surface area contributed by atoms with Crippen LogP contribution >= 0.6 is 0 Å². The van der Waals surface area contributed by atoms with Crippen LogP contribution in [-0.4, -0.2) is 41.6 Å². The zero-order chi connectivity index (χ0) is 20.9.